The molecule has 0 aliphatic carbocycles. The summed E-state index contributed by atoms with van der Waals surface area (Å²) in [5, 5.41) is 3.47. The normalized spacial score (nSPS) is 12.8. The van der Waals surface area contributed by atoms with E-state index in [9.17, 15) is 0 Å². The minimum atomic E-state index is 0.532. The summed E-state index contributed by atoms with van der Waals surface area (Å²) in [5.74, 6) is 0. The van der Waals surface area contributed by atoms with E-state index >= 15 is 0 Å². The summed E-state index contributed by atoms with van der Waals surface area (Å²) in [6.07, 6.45) is 13.9. The van der Waals surface area contributed by atoms with Gasteiger partial charge >= 0.3 is 0 Å². The van der Waals surface area contributed by atoms with Gasteiger partial charge in [0, 0.05) is 20.3 Å². The van der Waals surface area contributed by atoms with Gasteiger partial charge in [-0.25, -0.2) is 0 Å². The molecule has 1 nitrogen and oxygen atoms in total. The Bertz CT molecular complexity index is 356. The Balaban J connectivity index is 2.10. The minimum absolute atomic E-state index is 0.532. The van der Waals surface area contributed by atoms with Crippen LogP contribution in [-0.2, 0) is 0 Å². The second kappa shape index (κ2) is 11.7. The summed E-state index contributed by atoms with van der Waals surface area (Å²) in [6, 6.07) is 2.82. The van der Waals surface area contributed by atoms with Gasteiger partial charge in [0.15, 0.2) is 0 Å². The molecule has 0 aliphatic heterocycles. The van der Waals surface area contributed by atoms with Crippen molar-refractivity contribution >= 4 is 27.3 Å². The molecule has 1 aromatic rings. The van der Waals surface area contributed by atoms with Crippen LogP contribution in [0.3, 0.4) is 0 Å². The van der Waals surface area contributed by atoms with E-state index < -0.39 is 0 Å². The largest absolute Gasteiger partial charge is 0.312 e. The summed E-state index contributed by atoms with van der Waals surface area (Å²) in [5.41, 5.74) is 0. The summed E-state index contributed by atoms with van der Waals surface area (Å²) in [7, 11) is 2.08. The van der Waals surface area contributed by atoms with Gasteiger partial charge in [-0.2, -0.15) is 0 Å². The van der Waals surface area contributed by atoms with E-state index in [2.05, 4.69) is 48.2 Å². The third-order valence-electron chi connectivity index (χ3n) is 4.16. The predicted octanol–water partition coefficient (Wildman–Crippen LogP) is 7.00. The first-order valence-electron chi connectivity index (χ1n) is 8.62. The van der Waals surface area contributed by atoms with Gasteiger partial charge < -0.3 is 5.32 Å². The molecule has 1 heterocycles. The van der Waals surface area contributed by atoms with E-state index in [0.717, 1.165) is 0 Å². The molecule has 0 saturated heterocycles. The third kappa shape index (κ3) is 7.80. The molecule has 0 saturated carbocycles. The molecule has 0 bridgehead atoms. The zero-order valence-corrected chi connectivity index (χ0v) is 16.4. The van der Waals surface area contributed by atoms with Crippen LogP contribution in [0, 0.1) is 6.92 Å². The lowest BCUT2D eigenvalue weighted by Gasteiger charge is -2.14. The molecule has 0 fully saturated rings. The van der Waals surface area contributed by atoms with Crippen LogP contribution in [0.15, 0.2) is 10.5 Å². The quantitative estimate of drug-likeness (QED) is 0.388. The summed E-state index contributed by atoms with van der Waals surface area (Å²) < 4.78 is 1.26. The molecule has 1 aromatic heterocycles. The first kappa shape index (κ1) is 19.2. The molecule has 1 N–H and O–H groups in total. The monoisotopic (exact) mass is 373 g/mol. The molecule has 122 valence electrons. The molecule has 1 unspecified atom stereocenters. The van der Waals surface area contributed by atoms with Crippen LogP contribution in [0.1, 0.15) is 86.9 Å². The molecular weight excluding hydrogens is 342 g/mol. The third-order valence-corrected chi connectivity index (χ3v) is 6.41. The van der Waals surface area contributed by atoms with Crippen molar-refractivity contribution in [3.05, 3.63) is 20.3 Å². The fraction of sp³-hybridized carbons (Fsp3) is 0.778. The fourth-order valence-corrected chi connectivity index (χ4v) is 4.45. The molecule has 21 heavy (non-hydrogen) atoms. The first-order chi connectivity index (χ1) is 10.2. The number of aryl methyl sites for hydroxylation is 1. The van der Waals surface area contributed by atoms with E-state index in [1.54, 1.807) is 0 Å². The molecule has 1 rings (SSSR count). The molecule has 0 radical (unpaired) electrons. The molecule has 0 amide bonds. The highest BCUT2D eigenvalue weighted by atomic mass is 79.9. The van der Waals surface area contributed by atoms with Gasteiger partial charge in [-0.15, -0.1) is 11.3 Å². The van der Waals surface area contributed by atoms with E-state index in [-0.39, 0.29) is 0 Å². The molecule has 0 aromatic carbocycles. The van der Waals surface area contributed by atoms with Gasteiger partial charge in [-0.3, -0.25) is 0 Å². The SMILES string of the molecule is CCCCCCCCCCCC(NC)c1cc(Br)c(C)s1. The van der Waals surface area contributed by atoms with Gasteiger partial charge in [0.1, 0.15) is 0 Å². The highest BCUT2D eigenvalue weighted by molar-refractivity contribution is 9.10. The van der Waals surface area contributed by atoms with Gasteiger partial charge in [0.25, 0.3) is 0 Å². The topological polar surface area (TPSA) is 12.0 Å². The van der Waals surface area contributed by atoms with Crippen molar-refractivity contribution in [1.82, 2.24) is 5.32 Å². The lowest BCUT2D eigenvalue weighted by molar-refractivity contribution is 0.498. The first-order valence-corrected chi connectivity index (χ1v) is 10.2. The van der Waals surface area contributed by atoms with Crippen LogP contribution in [0.5, 0.6) is 0 Å². The standard InChI is InChI=1S/C18H32BrNS/c1-4-5-6-7-8-9-10-11-12-13-17(20-3)18-14-16(19)15(2)21-18/h14,17,20H,4-13H2,1-3H3. The number of hydrogen-bond acceptors (Lipinski definition) is 2. The van der Waals surface area contributed by atoms with E-state index in [4.69, 9.17) is 0 Å². The maximum Gasteiger partial charge on any atom is 0.0412 e. The maximum atomic E-state index is 3.62. The van der Waals surface area contributed by atoms with Crippen LogP contribution in [0.2, 0.25) is 0 Å². The molecule has 1 atom stereocenters. The molecule has 0 aliphatic rings. The molecule has 0 spiro atoms. The van der Waals surface area contributed by atoms with Crippen molar-refractivity contribution in [2.24, 2.45) is 0 Å². The highest BCUT2D eigenvalue weighted by Crippen LogP contribution is 2.32. The van der Waals surface area contributed by atoms with Gasteiger partial charge in [0.2, 0.25) is 0 Å². The second-order valence-corrected chi connectivity index (χ2v) is 8.15. The summed E-state index contributed by atoms with van der Waals surface area (Å²) >= 11 is 5.54. The number of halogens is 1. The number of thiophene rings is 1. The van der Waals surface area contributed by atoms with E-state index in [1.807, 2.05) is 11.3 Å². The average Bonchev–Trinajstić information content (AvgIpc) is 2.80. The van der Waals surface area contributed by atoms with E-state index in [1.165, 1.54) is 78.4 Å². The maximum absolute atomic E-state index is 3.62. The Labute approximate surface area is 144 Å². The van der Waals surface area contributed by atoms with Gasteiger partial charge in [-0.05, 0) is 42.4 Å². The van der Waals surface area contributed by atoms with E-state index in [0.29, 0.717) is 6.04 Å². The van der Waals surface area contributed by atoms with Gasteiger partial charge in [0.05, 0.1) is 0 Å². The predicted molar refractivity (Wildman–Crippen MR) is 100 cm³/mol. The van der Waals surface area contributed by atoms with Crippen LogP contribution in [-0.4, -0.2) is 7.05 Å². The average molecular weight is 374 g/mol. The number of unbranched alkanes of at least 4 members (excludes halogenated alkanes) is 8. The molecule has 3 heteroatoms. The Hall–Kier alpha value is 0.140. The Kier molecular flexibility index (Phi) is 10.7. The fourth-order valence-electron chi connectivity index (χ4n) is 2.74. The van der Waals surface area contributed by atoms with Crippen molar-refractivity contribution < 1.29 is 0 Å². The zero-order chi connectivity index (χ0) is 15.5. The van der Waals surface area contributed by atoms with Gasteiger partial charge in [-0.1, -0.05) is 64.7 Å². The van der Waals surface area contributed by atoms with Crippen molar-refractivity contribution in [3.63, 3.8) is 0 Å². The van der Waals surface area contributed by atoms with Crippen LogP contribution in [0.4, 0.5) is 0 Å². The van der Waals surface area contributed by atoms with Crippen molar-refractivity contribution in [1.29, 1.82) is 0 Å². The lowest BCUT2D eigenvalue weighted by Crippen LogP contribution is -2.14. The summed E-state index contributed by atoms with van der Waals surface area (Å²) in [6.45, 7) is 4.47. The Morgan fingerprint density at radius 2 is 1.62 bits per heavy atom. The zero-order valence-electron chi connectivity index (χ0n) is 14.0. The van der Waals surface area contributed by atoms with Crippen molar-refractivity contribution in [2.45, 2.75) is 84.1 Å². The smallest absolute Gasteiger partial charge is 0.0412 e. The minimum Gasteiger partial charge on any atom is -0.312 e. The van der Waals surface area contributed by atoms with Crippen LogP contribution < -0.4 is 5.32 Å². The number of hydrogen-bond donors (Lipinski definition) is 1. The molecular formula is C18H32BrNS. The van der Waals surface area contributed by atoms with Crippen LogP contribution >= 0.6 is 27.3 Å². The number of rotatable bonds is 12. The second-order valence-electron chi connectivity index (χ2n) is 6.01. The Morgan fingerprint density at radius 3 is 2.10 bits per heavy atom. The highest BCUT2D eigenvalue weighted by Gasteiger charge is 2.12. The number of nitrogens with one attached hydrogen (secondary N) is 1. The lowest BCUT2D eigenvalue weighted by atomic mass is 10.0. The Morgan fingerprint density at radius 1 is 1.05 bits per heavy atom. The van der Waals surface area contributed by atoms with Crippen molar-refractivity contribution in [3.8, 4) is 0 Å². The van der Waals surface area contributed by atoms with Crippen molar-refractivity contribution in [2.75, 3.05) is 7.05 Å². The summed E-state index contributed by atoms with van der Waals surface area (Å²) in [4.78, 5) is 2.86. The van der Waals surface area contributed by atoms with Crippen LogP contribution in [0.25, 0.3) is 0 Å².